The van der Waals surface area contributed by atoms with Crippen LogP contribution in [0, 0.1) is 0 Å². The van der Waals surface area contributed by atoms with Crippen LogP contribution < -0.4 is 10.1 Å². The van der Waals surface area contributed by atoms with Crippen LogP contribution in [0.2, 0.25) is 0 Å². The van der Waals surface area contributed by atoms with Crippen molar-refractivity contribution in [1.29, 1.82) is 0 Å². The van der Waals surface area contributed by atoms with Crippen LogP contribution in [0.5, 0.6) is 5.88 Å². The van der Waals surface area contributed by atoms with Crippen molar-refractivity contribution in [2.75, 3.05) is 13.7 Å². The summed E-state index contributed by atoms with van der Waals surface area (Å²) in [6.45, 7) is -0.147. The normalized spacial score (nSPS) is 11.9. The van der Waals surface area contributed by atoms with Gasteiger partial charge in [-0.1, -0.05) is 48.5 Å². The number of pyridine rings is 1. The molecule has 3 aromatic rings. The number of rotatable bonds is 6. The third kappa shape index (κ3) is 3.95. The second-order valence-electron chi connectivity index (χ2n) is 5.78. The molecule has 0 bridgehead atoms. The van der Waals surface area contributed by atoms with Crippen molar-refractivity contribution in [3.05, 3.63) is 71.9 Å². The summed E-state index contributed by atoms with van der Waals surface area (Å²) in [6, 6.07) is 18.7. The van der Waals surface area contributed by atoms with E-state index in [1.165, 1.54) is 7.11 Å². The number of amides is 1. The molecular formula is C20H20N2O3. The molecule has 1 amide bonds. The molecule has 1 unspecified atom stereocenters. The molecule has 0 spiro atoms. The number of nitrogens with one attached hydrogen (secondary N) is 1. The molecule has 0 saturated heterocycles. The highest BCUT2D eigenvalue weighted by molar-refractivity contribution is 5.98. The fraction of sp³-hybridized carbons (Fsp3) is 0.200. The first-order chi connectivity index (χ1) is 12.2. The number of aliphatic hydroxyl groups excluding tert-OH is 1. The first-order valence-electron chi connectivity index (χ1n) is 8.10. The van der Waals surface area contributed by atoms with Gasteiger partial charge in [0.05, 0.1) is 19.8 Å². The Morgan fingerprint density at radius 3 is 2.60 bits per heavy atom. The monoisotopic (exact) mass is 336 g/mol. The van der Waals surface area contributed by atoms with Gasteiger partial charge < -0.3 is 15.2 Å². The van der Waals surface area contributed by atoms with Crippen LogP contribution in [-0.4, -0.2) is 35.8 Å². The van der Waals surface area contributed by atoms with Crippen LogP contribution in [0.15, 0.2) is 60.7 Å². The zero-order valence-corrected chi connectivity index (χ0v) is 14.0. The largest absolute Gasteiger partial charge is 0.481 e. The van der Waals surface area contributed by atoms with E-state index in [-0.39, 0.29) is 24.2 Å². The molecule has 1 atom stereocenters. The fourth-order valence-corrected chi connectivity index (χ4v) is 2.76. The van der Waals surface area contributed by atoms with Crippen molar-refractivity contribution >= 4 is 16.7 Å². The Hall–Kier alpha value is -2.92. The lowest BCUT2D eigenvalue weighted by Gasteiger charge is -2.16. The predicted molar refractivity (Wildman–Crippen MR) is 96.8 cm³/mol. The SMILES string of the molecule is COc1nc(C(=O)NC(CO)Cc2ccccc2)cc2ccccc12. The molecule has 128 valence electrons. The van der Waals surface area contributed by atoms with Gasteiger partial charge in [-0.2, -0.15) is 0 Å². The molecule has 0 saturated carbocycles. The van der Waals surface area contributed by atoms with Crippen LogP contribution in [0.3, 0.4) is 0 Å². The van der Waals surface area contributed by atoms with Crippen molar-refractivity contribution in [2.24, 2.45) is 0 Å². The van der Waals surface area contributed by atoms with Crippen LogP contribution >= 0.6 is 0 Å². The summed E-state index contributed by atoms with van der Waals surface area (Å²) in [5, 5.41) is 14.2. The van der Waals surface area contributed by atoms with E-state index in [4.69, 9.17) is 4.74 Å². The minimum Gasteiger partial charge on any atom is -0.481 e. The highest BCUT2D eigenvalue weighted by Crippen LogP contribution is 2.24. The highest BCUT2D eigenvalue weighted by Gasteiger charge is 2.17. The minimum absolute atomic E-state index is 0.147. The summed E-state index contributed by atoms with van der Waals surface area (Å²) in [6.07, 6.45) is 0.549. The Kier molecular flexibility index (Phi) is 5.26. The topological polar surface area (TPSA) is 71.5 Å². The maximum absolute atomic E-state index is 12.6. The summed E-state index contributed by atoms with van der Waals surface area (Å²) in [5.74, 6) is 0.0749. The van der Waals surface area contributed by atoms with E-state index in [1.54, 1.807) is 6.07 Å². The Bertz CT molecular complexity index is 865. The number of nitrogens with zero attached hydrogens (tertiary/aromatic N) is 1. The maximum atomic E-state index is 12.6. The van der Waals surface area contributed by atoms with Crippen LogP contribution in [0.4, 0.5) is 0 Å². The molecule has 25 heavy (non-hydrogen) atoms. The lowest BCUT2D eigenvalue weighted by molar-refractivity contribution is 0.0911. The number of methoxy groups -OCH3 is 1. The van der Waals surface area contributed by atoms with E-state index in [0.29, 0.717) is 12.3 Å². The summed E-state index contributed by atoms with van der Waals surface area (Å²) >= 11 is 0. The summed E-state index contributed by atoms with van der Waals surface area (Å²) < 4.78 is 5.30. The molecule has 0 aliphatic heterocycles. The molecule has 0 fully saturated rings. The van der Waals surface area contributed by atoms with Gasteiger partial charge in [0.2, 0.25) is 5.88 Å². The van der Waals surface area contributed by atoms with Crippen LogP contribution in [-0.2, 0) is 6.42 Å². The number of aromatic nitrogens is 1. The Morgan fingerprint density at radius 1 is 1.16 bits per heavy atom. The zero-order valence-electron chi connectivity index (χ0n) is 14.0. The van der Waals surface area contributed by atoms with E-state index < -0.39 is 0 Å². The third-order valence-corrected chi connectivity index (χ3v) is 4.01. The van der Waals surface area contributed by atoms with Gasteiger partial charge in [0.25, 0.3) is 5.91 Å². The molecule has 3 rings (SSSR count). The molecular weight excluding hydrogens is 316 g/mol. The number of benzene rings is 2. The van der Waals surface area contributed by atoms with Crippen molar-refractivity contribution < 1.29 is 14.6 Å². The zero-order chi connectivity index (χ0) is 17.6. The van der Waals surface area contributed by atoms with E-state index >= 15 is 0 Å². The molecule has 1 aromatic heterocycles. The van der Waals surface area contributed by atoms with E-state index in [1.807, 2.05) is 54.6 Å². The first kappa shape index (κ1) is 16.9. The number of carbonyl (C=O) groups excluding carboxylic acids is 1. The third-order valence-electron chi connectivity index (χ3n) is 4.01. The highest BCUT2D eigenvalue weighted by atomic mass is 16.5. The molecule has 2 N–H and O–H groups in total. The standard InChI is InChI=1S/C20H20N2O3/c1-25-20-17-10-6-5-9-15(17)12-18(22-20)19(24)21-16(13-23)11-14-7-3-2-4-8-14/h2-10,12,16,23H,11,13H2,1H3,(H,21,24). The lowest BCUT2D eigenvalue weighted by atomic mass is 10.1. The van der Waals surface area contributed by atoms with E-state index in [2.05, 4.69) is 10.3 Å². The van der Waals surface area contributed by atoms with Crippen LogP contribution in [0.25, 0.3) is 10.8 Å². The van der Waals surface area contributed by atoms with Gasteiger partial charge >= 0.3 is 0 Å². The van der Waals surface area contributed by atoms with Crippen molar-refractivity contribution in [1.82, 2.24) is 10.3 Å². The van der Waals surface area contributed by atoms with Gasteiger partial charge in [-0.05, 0) is 29.5 Å². The number of carbonyl (C=O) groups is 1. The Morgan fingerprint density at radius 2 is 1.88 bits per heavy atom. The average molecular weight is 336 g/mol. The van der Waals surface area contributed by atoms with E-state index in [0.717, 1.165) is 16.3 Å². The second-order valence-corrected chi connectivity index (χ2v) is 5.78. The minimum atomic E-state index is -0.380. The number of hydrogen-bond donors (Lipinski definition) is 2. The number of aliphatic hydroxyl groups is 1. The van der Waals surface area contributed by atoms with Crippen molar-refractivity contribution in [2.45, 2.75) is 12.5 Å². The summed E-state index contributed by atoms with van der Waals surface area (Å²) in [5.41, 5.74) is 1.31. The second kappa shape index (κ2) is 7.77. The molecule has 0 aliphatic carbocycles. The number of fused-ring (bicyclic) bond motifs is 1. The first-order valence-corrected chi connectivity index (χ1v) is 8.10. The molecule has 0 radical (unpaired) electrons. The van der Waals surface area contributed by atoms with E-state index in [9.17, 15) is 9.90 Å². The van der Waals surface area contributed by atoms with Gasteiger partial charge in [0.1, 0.15) is 5.69 Å². The fourth-order valence-electron chi connectivity index (χ4n) is 2.76. The molecule has 5 heteroatoms. The Balaban J connectivity index is 1.81. The van der Waals surface area contributed by atoms with Gasteiger partial charge in [-0.15, -0.1) is 0 Å². The maximum Gasteiger partial charge on any atom is 0.270 e. The smallest absolute Gasteiger partial charge is 0.270 e. The Labute approximate surface area is 146 Å². The molecule has 1 heterocycles. The van der Waals surface area contributed by atoms with Gasteiger partial charge in [-0.3, -0.25) is 4.79 Å². The van der Waals surface area contributed by atoms with Gasteiger partial charge in [-0.25, -0.2) is 4.98 Å². The molecule has 0 aliphatic rings. The average Bonchev–Trinajstić information content (AvgIpc) is 2.67. The predicted octanol–water partition coefficient (Wildman–Crippen LogP) is 2.58. The summed E-state index contributed by atoms with van der Waals surface area (Å²) in [7, 11) is 1.53. The quantitative estimate of drug-likeness (QED) is 0.726. The van der Waals surface area contributed by atoms with Crippen molar-refractivity contribution in [3.8, 4) is 5.88 Å². The molecule has 5 nitrogen and oxygen atoms in total. The number of ether oxygens (including phenoxy) is 1. The van der Waals surface area contributed by atoms with Gasteiger partial charge in [0, 0.05) is 5.39 Å². The lowest BCUT2D eigenvalue weighted by Crippen LogP contribution is -2.39. The molecule has 2 aromatic carbocycles. The van der Waals surface area contributed by atoms with Crippen LogP contribution in [0.1, 0.15) is 16.1 Å². The summed E-state index contributed by atoms with van der Waals surface area (Å²) in [4.78, 5) is 16.9. The van der Waals surface area contributed by atoms with Gasteiger partial charge in [0.15, 0.2) is 0 Å². The van der Waals surface area contributed by atoms with Crippen molar-refractivity contribution in [3.63, 3.8) is 0 Å². The number of hydrogen-bond acceptors (Lipinski definition) is 4.